The second-order valence-electron chi connectivity index (χ2n) is 11.5. The maximum atomic E-state index is 15.4. The van der Waals surface area contributed by atoms with E-state index < -0.39 is 26.6 Å². The number of anilines is 2. The summed E-state index contributed by atoms with van der Waals surface area (Å²) in [6.07, 6.45) is 6.74. The largest absolute Gasteiger partial charge is 0.383 e. The number of fused-ring (bicyclic) bond motifs is 1. The molecule has 1 aliphatic carbocycles. The van der Waals surface area contributed by atoms with Gasteiger partial charge < -0.3 is 15.8 Å². The van der Waals surface area contributed by atoms with Crippen LogP contribution in [-0.4, -0.2) is 48.5 Å². The van der Waals surface area contributed by atoms with Crippen molar-refractivity contribution in [2.75, 3.05) is 23.7 Å². The molecule has 2 aromatic heterocycles. The highest BCUT2D eigenvalue weighted by molar-refractivity contribution is 7.92. The molecule has 12 heteroatoms. The zero-order valence-electron chi connectivity index (χ0n) is 24.2. The molecule has 6 rings (SSSR count). The van der Waals surface area contributed by atoms with Gasteiger partial charge in [0.2, 0.25) is 0 Å². The van der Waals surface area contributed by atoms with Crippen molar-refractivity contribution in [1.82, 2.24) is 20.1 Å². The number of aromatic nitrogens is 3. The van der Waals surface area contributed by atoms with Gasteiger partial charge in [-0.05, 0) is 75.4 Å². The Balaban J connectivity index is 1.36. The molecule has 226 valence electrons. The molecule has 1 fully saturated rings. The van der Waals surface area contributed by atoms with Crippen molar-refractivity contribution in [3.05, 3.63) is 71.4 Å². The summed E-state index contributed by atoms with van der Waals surface area (Å²) in [7, 11) is -4.37. The van der Waals surface area contributed by atoms with Crippen LogP contribution in [-0.2, 0) is 14.8 Å². The van der Waals surface area contributed by atoms with E-state index in [1.165, 1.54) is 24.3 Å². The van der Waals surface area contributed by atoms with E-state index in [-0.39, 0.29) is 17.5 Å². The van der Waals surface area contributed by atoms with Gasteiger partial charge in [0.1, 0.15) is 28.0 Å². The summed E-state index contributed by atoms with van der Waals surface area (Å²) in [5, 5.41) is 9.10. The smallest absolute Gasteiger partial charge is 0.264 e. The Morgan fingerprint density at radius 2 is 1.88 bits per heavy atom. The molecule has 2 aliphatic rings. The van der Waals surface area contributed by atoms with Crippen LogP contribution in [0.3, 0.4) is 0 Å². The number of ether oxygens (including phenoxy) is 1. The minimum absolute atomic E-state index is 0.0332. The highest BCUT2D eigenvalue weighted by atomic mass is 32.2. The third kappa shape index (κ3) is 5.62. The third-order valence-corrected chi connectivity index (χ3v) is 9.35. The molecule has 1 atom stereocenters. The van der Waals surface area contributed by atoms with Crippen molar-refractivity contribution < 1.29 is 21.9 Å². The summed E-state index contributed by atoms with van der Waals surface area (Å²) in [5.41, 5.74) is 10.4. The molecule has 0 spiro atoms. The fourth-order valence-electron chi connectivity index (χ4n) is 5.66. The lowest BCUT2D eigenvalue weighted by Crippen LogP contribution is -2.50. The Labute approximate surface area is 249 Å². The van der Waals surface area contributed by atoms with E-state index in [2.05, 4.69) is 21.1 Å². The molecule has 2 aromatic carbocycles. The number of halogens is 2. The minimum Gasteiger partial charge on any atom is -0.383 e. The van der Waals surface area contributed by atoms with E-state index in [9.17, 15) is 12.8 Å². The molecule has 1 saturated heterocycles. The van der Waals surface area contributed by atoms with Gasteiger partial charge in [-0.1, -0.05) is 18.2 Å². The van der Waals surface area contributed by atoms with Crippen LogP contribution in [0.15, 0.2) is 53.6 Å². The normalized spacial score (nSPS) is 17.7. The first-order chi connectivity index (χ1) is 20.5. The second-order valence-corrected chi connectivity index (χ2v) is 13.2. The molecular weight excluding hydrogens is 574 g/mol. The molecule has 4 aromatic rings. The Bertz CT molecular complexity index is 1850. The fraction of sp³-hybridized carbons (Fsp3) is 0.355. The number of sulfonamides is 1. The van der Waals surface area contributed by atoms with E-state index >= 15 is 4.39 Å². The van der Waals surface area contributed by atoms with Gasteiger partial charge in [0, 0.05) is 29.4 Å². The number of nitrogen functional groups attached to an aromatic ring is 1. The quantitative estimate of drug-likeness (QED) is 0.239. The molecule has 0 saturated carbocycles. The summed E-state index contributed by atoms with van der Waals surface area (Å²) in [6.45, 7) is 7.17. The average Bonchev–Trinajstić information content (AvgIpc) is 3.36. The number of nitrogens with zero attached hydrogens (tertiary/aromatic N) is 3. The van der Waals surface area contributed by atoms with Crippen LogP contribution in [0, 0.1) is 18.6 Å². The van der Waals surface area contributed by atoms with Crippen LogP contribution in [0.1, 0.15) is 50.3 Å². The Kier molecular flexibility index (Phi) is 7.69. The molecule has 3 heterocycles. The zero-order valence-corrected chi connectivity index (χ0v) is 25.0. The highest BCUT2D eigenvalue weighted by Crippen LogP contribution is 2.40. The van der Waals surface area contributed by atoms with Gasteiger partial charge in [-0.2, -0.15) is 5.10 Å². The minimum atomic E-state index is -4.37. The van der Waals surface area contributed by atoms with Crippen LogP contribution in [0.5, 0.6) is 0 Å². The number of nitrogens with one attached hydrogen (secondary N) is 2. The van der Waals surface area contributed by atoms with Gasteiger partial charge >= 0.3 is 0 Å². The lowest BCUT2D eigenvalue weighted by molar-refractivity contribution is -0.0103. The molecule has 0 bridgehead atoms. The van der Waals surface area contributed by atoms with E-state index in [1.807, 2.05) is 18.5 Å². The van der Waals surface area contributed by atoms with Gasteiger partial charge in [0.15, 0.2) is 0 Å². The summed E-state index contributed by atoms with van der Waals surface area (Å²) in [4.78, 5) is 3.94. The van der Waals surface area contributed by atoms with Gasteiger partial charge in [0.25, 0.3) is 10.0 Å². The lowest BCUT2D eigenvalue weighted by atomic mass is 9.89. The second kappa shape index (κ2) is 11.3. The highest BCUT2D eigenvalue weighted by Gasteiger charge is 2.27. The van der Waals surface area contributed by atoms with Crippen LogP contribution < -0.4 is 15.8 Å². The van der Waals surface area contributed by atoms with Gasteiger partial charge in [0.05, 0.1) is 35.8 Å². The standard InChI is InChI=1S/C31H34F2N6O3S/c1-17(2)39-30-23(19-5-8-21(9-6-19)36-22-15-42-16-22)14-35-31(34)28(30)29(37-39)20-7-11-26(25(33)13-20)38-43(40,41)27-12-18(3)4-10-24(27)32/h4-5,7,10-14,17,21-22,36,38H,6,8-9,15-16H2,1-3H3,(H2,34,35)/t21-/m1/s1. The van der Waals surface area contributed by atoms with E-state index in [0.717, 1.165) is 55.2 Å². The lowest BCUT2D eigenvalue weighted by Gasteiger charge is -2.33. The third-order valence-electron chi connectivity index (χ3n) is 7.97. The Morgan fingerprint density at radius 1 is 1.09 bits per heavy atom. The number of hydrogen-bond donors (Lipinski definition) is 3. The summed E-state index contributed by atoms with van der Waals surface area (Å²) in [5.74, 6) is -1.50. The van der Waals surface area contributed by atoms with Gasteiger partial charge in [-0.3, -0.25) is 9.40 Å². The van der Waals surface area contributed by atoms with Crippen LogP contribution in [0.2, 0.25) is 0 Å². The molecule has 0 radical (unpaired) electrons. The fourth-order valence-corrected chi connectivity index (χ4v) is 6.89. The van der Waals surface area contributed by atoms with E-state index in [0.29, 0.717) is 34.3 Å². The van der Waals surface area contributed by atoms with Crippen LogP contribution in [0.4, 0.5) is 20.3 Å². The monoisotopic (exact) mass is 608 g/mol. The molecule has 1 aliphatic heterocycles. The van der Waals surface area contributed by atoms with Gasteiger partial charge in [-0.25, -0.2) is 22.2 Å². The number of rotatable bonds is 8. The van der Waals surface area contributed by atoms with Crippen molar-refractivity contribution in [1.29, 1.82) is 0 Å². The van der Waals surface area contributed by atoms with Crippen molar-refractivity contribution >= 4 is 38.0 Å². The predicted molar refractivity (Wildman–Crippen MR) is 163 cm³/mol. The van der Waals surface area contributed by atoms with Crippen LogP contribution >= 0.6 is 0 Å². The first kappa shape index (κ1) is 29.2. The first-order valence-electron chi connectivity index (χ1n) is 14.3. The summed E-state index contributed by atoms with van der Waals surface area (Å²) in [6, 6.07) is 8.56. The molecule has 43 heavy (non-hydrogen) atoms. The Hall–Kier alpha value is -3.87. The maximum Gasteiger partial charge on any atom is 0.264 e. The van der Waals surface area contributed by atoms with Gasteiger partial charge in [-0.15, -0.1) is 0 Å². The van der Waals surface area contributed by atoms with Crippen molar-refractivity contribution in [3.63, 3.8) is 0 Å². The van der Waals surface area contributed by atoms with E-state index in [1.54, 1.807) is 19.2 Å². The summed E-state index contributed by atoms with van der Waals surface area (Å²) < 4.78 is 64.8. The number of pyridine rings is 1. The van der Waals surface area contributed by atoms with Crippen molar-refractivity contribution in [3.8, 4) is 11.3 Å². The molecule has 0 unspecified atom stereocenters. The number of benzene rings is 2. The molecular formula is C31H34F2N6O3S. The zero-order chi connectivity index (χ0) is 30.5. The average molecular weight is 609 g/mol. The van der Waals surface area contributed by atoms with Crippen LogP contribution in [0.25, 0.3) is 27.7 Å². The molecule has 4 N–H and O–H groups in total. The van der Waals surface area contributed by atoms with Crippen molar-refractivity contribution in [2.24, 2.45) is 0 Å². The maximum absolute atomic E-state index is 15.4. The topological polar surface area (TPSA) is 124 Å². The first-order valence-corrected chi connectivity index (χ1v) is 15.8. The molecule has 9 nitrogen and oxygen atoms in total. The summed E-state index contributed by atoms with van der Waals surface area (Å²) >= 11 is 0. The number of allylic oxidation sites excluding steroid dienone is 1. The van der Waals surface area contributed by atoms with E-state index in [4.69, 9.17) is 15.6 Å². The number of nitrogens with two attached hydrogens (primary N) is 1. The van der Waals surface area contributed by atoms with Crippen molar-refractivity contribution in [2.45, 2.75) is 63.1 Å². The SMILES string of the molecule is Cc1ccc(F)c(S(=O)(=O)Nc2ccc(-c3nn(C(C)C)c4c(C5=CC[C@@H](NC6COC6)CC5)cnc(N)c34)cc2F)c1. The number of aryl methyl sites for hydroxylation is 1. The Morgan fingerprint density at radius 3 is 2.53 bits per heavy atom. The molecule has 0 amide bonds. The number of hydrogen-bond acceptors (Lipinski definition) is 7. The predicted octanol–water partition coefficient (Wildman–Crippen LogP) is 5.57.